The highest BCUT2D eigenvalue weighted by molar-refractivity contribution is 5.98. The molecule has 0 spiro atoms. The molecule has 1 aliphatic carbocycles. The molecule has 21 heavy (non-hydrogen) atoms. The Hall–Kier alpha value is -1.77. The molecule has 2 unspecified atom stereocenters. The van der Waals surface area contributed by atoms with Crippen LogP contribution in [0, 0.1) is 5.92 Å². The molecule has 3 nitrogen and oxygen atoms in total. The summed E-state index contributed by atoms with van der Waals surface area (Å²) in [5, 5.41) is 2.27. The number of nitrogen functional groups attached to an aromatic ring is 1. The van der Waals surface area contributed by atoms with Gasteiger partial charge < -0.3 is 10.6 Å². The topological polar surface area (TPSA) is 42.1 Å². The Morgan fingerprint density at radius 3 is 2.86 bits per heavy atom. The van der Waals surface area contributed by atoms with E-state index in [9.17, 15) is 0 Å². The lowest BCUT2D eigenvalue weighted by Crippen LogP contribution is -2.47. The largest absolute Gasteiger partial charge is 0.397 e. The first-order valence-electron chi connectivity index (χ1n) is 8.23. The van der Waals surface area contributed by atoms with Crippen molar-refractivity contribution in [1.29, 1.82) is 0 Å². The number of piperidine rings is 1. The molecule has 0 radical (unpaired) electrons. The molecular formula is C18H23N3. The summed E-state index contributed by atoms with van der Waals surface area (Å²) in [6.07, 6.45) is 11.9. The van der Waals surface area contributed by atoms with E-state index in [-0.39, 0.29) is 0 Å². The van der Waals surface area contributed by atoms with Gasteiger partial charge in [0.1, 0.15) is 0 Å². The molecule has 2 N–H and O–H groups in total. The molecule has 2 aromatic rings. The molecule has 0 bridgehead atoms. The highest BCUT2D eigenvalue weighted by atomic mass is 15.2. The first-order chi connectivity index (χ1) is 10.3. The van der Waals surface area contributed by atoms with E-state index in [1.54, 1.807) is 0 Å². The van der Waals surface area contributed by atoms with Crippen LogP contribution in [0.15, 0.2) is 30.6 Å². The first-order valence-corrected chi connectivity index (χ1v) is 8.23. The fraction of sp³-hybridized carbons (Fsp3) is 0.500. The number of nitrogens with two attached hydrogens (primary N) is 1. The second kappa shape index (κ2) is 5.21. The number of anilines is 2. The van der Waals surface area contributed by atoms with Gasteiger partial charge in [-0.25, -0.2) is 0 Å². The summed E-state index contributed by atoms with van der Waals surface area (Å²) in [7, 11) is 0. The van der Waals surface area contributed by atoms with E-state index in [2.05, 4.69) is 22.0 Å². The second-order valence-electron chi connectivity index (χ2n) is 6.54. The number of nitrogens with zero attached hydrogens (tertiary/aromatic N) is 2. The zero-order chi connectivity index (χ0) is 14.2. The predicted molar refractivity (Wildman–Crippen MR) is 88.5 cm³/mol. The van der Waals surface area contributed by atoms with Crippen molar-refractivity contribution in [2.24, 2.45) is 5.92 Å². The molecular weight excluding hydrogens is 258 g/mol. The molecule has 2 atom stereocenters. The third kappa shape index (κ3) is 2.15. The van der Waals surface area contributed by atoms with Gasteiger partial charge in [0, 0.05) is 35.8 Å². The minimum Gasteiger partial charge on any atom is -0.397 e. The number of hydrogen-bond donors (Lipinski definition) is 1. The lowest BCUT2D eigenvalue weighted by Gasteiger charge is -2.46. The molecule has 3 heteroatoms. The van der Waals surface area contributed by atoms with Crippen molar-refractivity contribution in [3.05, 3.63) is 30.6 Å². The van der Waals surface area contributed by atoms with Crippen LogP contribution in [0.4, 0.5) is 11.4 Å². The van der Waals surface area contributed by atoms with Crippen LogP contribution in [0.1, 0.15) is 38.5 Å². The van der Waals surface area contributed by atoms with E-state index in [1.165, 1.54) is 44.2 Å². The molecule has 1 aliphatic heterocycles. The Morgan fingerprint density at radius 1 is 1.05 bits per heavy atom. The maximum atomic E-state index is 6.50. The summed E-state index contributed by atoms with van der Waals surface area (Å²) in [4.78, 5) is 6.79. The van der Waals surface area contributed by atoms with Crippen molar-refractivity contribution in [1.82, 2.24) is 4.98 Å². The molecule has 2 heterocycles. The minimum absolute atomic E-state index is 0.703. The Morgan fingerprint density at radius 2 is 1.90 bits per heavy atom. The predicted octanol–water partition coefficient (Wildman–Crippen LogP) is 3.98. The van der Waals surface area contributed by atoms with E-state index in [0.717, 1.165) is 28.9 Å². The molecule has 1 aromatic carbocycles. The number of aromatic nitrogens is 1. The third-order valence-corrected chi connectivity index (χ3v) is 5.39. The van der Waals surface area contributed by atoms with E-state index in [0.29, 0.717) is 6.04 Å². The van der Waals surface area contributed by atoms with Crippen molar-refractivity contribution < 1.29 is 0 Å². The number of pyridine rings is 1. The molecule has 4 rings (SSSR count). The van der Waals surface area contributed by atoms with Crippen molar-refractivity contribution in [2.45, 2.75) is 44.6 Å². The Labute approximate surface area is 126 Å². The second-order valence-corrected chi connectivity index (χ2v) is 6.54. The van der Waals surface area contributed by atoms with Gasteiger partial charge in [-0.15, -0.1) is 0 Å². The smallest absolute Gasteiger partial charge is 0.0632 e. The van der Waals surface area contributed by atoms with Gasteiger partial charge in [0.2, 0.25) is 0 Å². The van der Waals surface area contributed by atoms with Crippen molar-refractivity contribution in [3.63, 3.8) is 0 Å². The fourth-order valence-electron chi connectivity index (χ4n) is 4.36. The van der Waals surface area contributed by atoms with Gasteiger partial charge in [0.05, 0.1) is 11.4 Å². The maximum Gasteiger partial charge on any atom is 0.0632 e. The standard InChI is InChI=1S/C18H23N3/c19-18-15-9-10-20-12-14(15)7-8-17(18)21-11-3-5-13-4-1-2-6-16(13)21/h7-10,12-13,16H,1-6,11,19H2. The molecule has 1 aromatic heterocycles. The van der Waals surface area contributed by atoms with Crippen LogP contribution in [0.2, 0.25) is 0 Å². The van der Waals surface area contributed by atoms with Crippen LogP contribution in [0.25, 0.3) is 10.8 Å². The molecule has 0 amide bonds. The number of rotatable bonds is 1. The molecule has 110 valence electrons. The van der Waals surface area contributed by atoms with Gasteiger partial charge in [-0.05, 0) is 43.7 Å². The van der Waals surface area contributed by atoms with Crippen LogP contribution in [-0.4, -0.2) is 17.6 Å². The van der Waals surface area contributed by atoms with Gasteiger partial charge in [-0.1, -0.05) is 18.9 Å². The van der Waals surface area contributed by atoms with Crippen LogP contribution in [-0.2, 0) is 0 Å². The van der Waals surface area contributed by atoms with Gasteiger partial charge in [0.15, 0.2) is 0 Å². The summed E-state index contributed by atoms with van der Waals surface area (Å²) in [5.74, 6) is 0.875. The fourth-order valence-corrected chi connectivity index (χ4v) is 4.36. The van der Waals surface area contributed by atoms with Gasteiger partial charge in [0.25, 0.3) is 0 Å². The summed E-state index contributed by atoms with van der Waals surface area (Å²) in [5.41, 5.74) is 8.67. The van der Waals surface area contributed by atoms with Gasteiger partial charge >= 0.3 is 0 Å². The van der Waals surface area contributed by atoms with Crippen LogP contribution in [0.3, 0.4) is 0 Å². The Kier molecular flexibility index (Phi) is 3.21. The number of fused-ring (bicyclic) bond motifs is 2. The highest BCUT2D eigenvalue weighted by Crippen LogP contribution is 2.41. The molecule has 1 saturated heterocycles. The maximum absolute atomic E-state index is 6.50. The SMILES string of the molecule is Nc1c(N2CCCC3CCCCC32)ccc2cnccc12. The normalized spacial score (nSPS) is 25.8. The molecule has 2 fully saturated rings. The van der Waals surface area contributed by atoms with E-state index >= 15 is 0 Å². The van der Waals surface area contributed by atoms with E-state index in [1.807, 2.05) is 18.5 Å². The van der Waals surface area contributed by atoms with Crippen molar-refractivity contribution in [2.75, 3.05) is 17.2 Å². The highest BCUT2D eigenvalue weighted by Gasteiger charge is 2.34. The average molecular weight is 281 g/mol. The number of hydrogen-bond acceptors (Lipinski definition) is 3. The van der Waals surface area contributed by atoms with E-state index < -0.39 is 0 Å². The molecule has 2 aliphatic rings. The first kappa shape index (κ1) is 12.9. The summed E-state index contributed by atoms with van der Waals surface area (Å²) in [6, 6.07) is 7.11. The Balaban J connectivity index is 1.76. The summed E-state index contributed by atoms with van der Waals surface area (Å²) in [6.45, 7) is 1.15. The van der Waals surface area contributed by atoms with E-state index in [4.69, 9.17) is 5.73 Å². The monoisotopic (exact) mass is 281 g/mol. The average Bonchev–Trinajstić information content (AvgIpc) is 2.55. The summed E-state index contributed by atoms with van der Waals surface area (Å²) >= 11 is 0. The third-order valence-electron chi connectivity index (χ3n) is 5.39. The van der Waals surface area contributed by atoms with Crippen molar-refractivity contribution >= 4 is 22.1 Å². The van der Waals surface area contributed by atoms with Crippen LogP contribution >= 0.6 is 0 Å². The minimum atomic E-state index is 0.703. The Bertz CT molecular complexity index is 650. The van der Waals surface area contributed by atoms with Gasteiger partial charge in [-0.3, -0.25) is 4.98 Å². The quantitative estimate of drug-likeness (QED) is 0.804. The zero-order valence-electron chi connectivity index (χ0n) is 12.5. The zero-order valence-corrected chi connectivity index (χ0v) is 12.5. The number of benzene rings is 1. The lowest BCUT2D eigenvalue weighted by atomic mass is 9.78. The summed E-state index contributed by atoms with van der Waals surface area (Å²) < 4.78 is 0. The molecule has 1 saturated carbocycles. The van der Waals surface area contributed by atoms with Gasteiger partial charge in [-0.2, -0.15) is 0 Å². The lowest BCUT2D eigenvalue weighted by molar-refractivity contribution is 0.244. The van der Waals surface area contributed by atoms with Crippen molar-refractivity contribution in [3.8, 4) is 0 Å². The van der Waals surface area contributed by atoms with Crippen LogP contribution < -0.4 is 10.6 Å². The van der Waals surface area contributed by atoms with Crippen LogP contribution in [0.5, 0.6) is 0 Å².